The van der Waals surface area contributed by atoms with E-state index in [1.807, 2.05) is 48.5 Å². The Morgan fingerprint density at radius 2 is 1.96 bits per heavy atom. The summed E-state index contributed by atoms with van der Waals surface area (Å²) in [7, 11) is 1.75. The third-order valence-electron chi connectivity index (χ3n) is 4.06. The standard InChI is InChI=1S/C18H17N3O3/c1-21(10-12-11-23-15-8-4-5-9-16(15)24-12)18(22)17-13-6-2-3-7-14(13)19-20-17/h2-9,12H,10-11H2,1H3,(H,19,20). The van der Waals surface area contributed by atoms with Gasteiger partial charge >= 0.3 is 0 Å². The number of ether oxygens (including phenoxy) is 2. The molecule has 0 radical (unpaired) electrons. The van der Waals surface area contributed by atoms with Gasteiger partial charge in [-0.25, -0.2) is 0 Å². The van der Waals surface area contributed by atoms with E-state index >= 15 is 0 Å². The van der Waals surface area contributed by atoms with Crippen LogP contribution in [0.15, 0.2) is 48.5 Å². The third kappa shape index (κ3) is 2.56. The Labute approximate surface area is 139 Å². The molecule has 6 heteroatoms. The average Bonchev–Trinajstić information content (AvgIpc) is 3.05. The van der Waals surface area contributed by atoms with Gasteiger partial charge in [-0.15, -0.1) is 0 Å². The molecule has 2 aromatic carbocycles. The Morgan fingerprint density at radius 1 is 1.21 bits per heavy atom. The molecule has 3 aromatic rings. The maximum Gasteiger partial charge on any atom is 0.274 e. The van der Waals surface area contributed by atoms with Crippen molar-refractivity contribution in [3.63, 3.8) is 0 Å². The summed E-state index contributed by atoms with van der Waals surface area (Å²) in [6, 6.07) is 15.1. The second-order valence-electron chi connectivity index (χ2n) is 5.80. The minimum absolute atomic E-state index is 0.144. The number of benzene rings is 2. The highest BCUT2D eigenvalue weighted by Gasteiger charge is 2.25. The zero-order valence-electron chi connectivity index (χ0n) is 13.2. The van der Waals surface area contributed by atoms with E-state index in [1.54, 1.807) is 11.9 Å². The predicted octanol–water partition coefficient (Wildman–Crippen LogP) is 2.47. The Kier molecular flexibility index (Phi) is 3.57. The van der Waals surface area contributed by atoms with Crippen molar-refractivity contribution in [2.75, 3.05) is 20.2 Å². The number of H-pyrrole nitrogens is 1. The first kappa shape index (κ1) is 14.6. The average molecular weight is 323 g/mol. The molecule has 0 bridgehead atoms. The van der Waals surface area contributed by atoms with Gasteiger partial charge in [-0.05, 0) is 18.2 Å². The van der Waals surface area contributed by atoms with E-state index in [2.05, 4.69) is 10.2 Å². The number of likely N-dealkylation sites (N-methyl/N-ethyl adjacent to an activating group) is 1. The monoisotopic (exact) mass is 323 g/mol. The number of amides is 1. The van der Waals surface area contributed by atoms with Crippen molar-refractivity contribution in [1.82, 2.24) is 15.1 Å². The van der Waals surface area contributed by atoms with Gasteiger partial charge in [-0.3, -0.25) is 9.89 Å². The summed E-state index contributed by atoms with van der Waals surface area (Å²) in [6.45, 7) is 0.838. The lowest BCUT2D eigenvalue weighted by atomic mass is 10.2. The SMILES string of the molecule is CN(CC1COc2ccccc2O1)C(=O)c1n[nH]c2ccccc12. The van der Waals surface area contributed by atoms with Crippen LogP contribution in [-0.2, 0) is 0 Å². The lowest BCUT2D eigenvalue weighted by molar-refractivity contribution is 0.0518. The largest absolute Gasteiger partial charge is 0.486 e. The number of hydrogen-bond donors (Lipinski definition) is 1. The number of hydrogen-bond acceptors (Lipinski definition) is 4. The van der Waals surface area contributed by atoms with E-state index in [-0.39, 0.29) is 12.0 Å². The number of fused-ring (bicyclic) bond motifs is 2. The Hall–Kier alpha value is -3.02. The number of aromatic nitrogens is 2. The molecule has 1 unspecified atom stereocenters. The highest BCUT2D eigenvalue weighted by molar-refractivity contribution is 6.04. The summed E-state index contributed by atoms with van der Waals surface area (Å²) in [5, 5.41) is 7.86. The molecule has 0 saturated heterocycles. The summed E-state index contributed by atoms with van der Waals surface area (Å²) in [5.41, 5.74) is 1.27. The molecule has 6 nitrogen and oxygen atoms in total. The van der Waals surface area contributed by atoms with Crippen LogP contribution < -0.4 is 9.47 Å². The zero-order valence-corrected chi connectivity index (χ0v) is 13.2. The molecule has 0 fully saturated rings. The molecule has 1 atom stereocenters. The van der Waals surface area contributed by atoms with Gasteiger partial charge in [-0.2, -0.15) is 5.10 Å². The summed E-state index contributed by atoms with van der Waals surface area (Å²) in [4.78, 5) is 14.3. The molecule has 2 heterocycles. The summed E-state index contributed by atoms with van der Waals surface area (Å²) in [6.07, 6.45) is -0.209. The van der Waals surface area contributed by atoms with Crippen LogP contribution in [0.5, 0.6) is 11.5 Å². The second kappa shape index (κ2) is 5.88. The quantitative estimate of drug-likeness (QED) is 0.804. The first-order chi connectivity index (χ1) is 11.7. The van der Waals surface area contributed by atoms with E-state index in [0.29, 0.717) is 24.6 Å². The van der Waals surface area contributed by atoms with Crippen molar-refractivity contribution in [3.05, 3.63) is 54.2 Å². The normalized spacial score (nSPS) is 16.1. The van der Waals surface area contributed by atoms with Crippen LogP contribution in [0.25, 0.3) is 10.9 Å². The van der Waals surface area contributed by atoms with Crippen LogP contribution in [0.1, 0.15) is 10.5 Å². The molecule has 24 heavy (non-hydrogen) atoms. The highest BCUT2D eigenvalue weighted by atomic mass is 16.6. The van der Waals surface area contributed by atoms with Gasteiger partial charge in [0.15, 0.2) is 23.3 Å². The maximum absolute atomic E-state index is 12.7. The van der Waals surface area contributed by atoms with E-state index in [4.69, 9.17) is 9.47 Å². The van der Waals surface area contributed by atoms with Gasteiger partial charge in [0.05, 0.1) is 12.1 Å². The topological polar surface area (TPSA) is 67.5 Å². The Bertz CT molecular complexity index is 890. The van der Waals surface area contributed by atoms with Crippen LogP contribution >= 0.6 is 0 Å². The van der Waals surface area contributed by atoms with Crippen LogP contribution in [0.3, 0.4) is 0 Å². The Morgan fingerprint density at radius 3 is 2.83 bits per heavy atom. The van der Waals surface area contributed by atoms with Crippen LogP contribution in [-0.4, -0.2) is 47.3 Å². The number of aromatic amines is 1. The maximum atomic E-state index is 12.7. The molecule has 4 rings (SSSR count). The molecule has 1 aliphatic heterocycles. The summed E-state index contributed by atoms with van der Waals surface area (Å²) in [5.74, 6) is 1.30. The molecular weight excluding hydrogens is 306 g/mol. The van der Waals surface area contributed by atoms with Gasteiger partial charge in [0, 0.05) is 12.4 Å². The molecule has 122 valence electrons. The fourth-order valence-corrected chi connectivity index (χ4v) is 2.85. The number of para-hydroxylation sites is 3. The van der Waals surface area contributed by atoms with Crippen molar-refractivity contribution in [2.45, 2.75) is 6.10 Å². The van der Waals surface area contributed by atoms with Crippen molar-refractivity contribution in [1.29, 1.82) is 0 Å². The fourth-order valence-electron chi connectivity index (χ4n) is 2.85. The molecule has 0 spiro atoms. The molecule has 1 N–H and O–H groups in total. The fraction of sp³-hybridized carbons (Fsp3) is 0.222. The third-order valence-corrected chi connectivity index (χ3v) is 4.06. The van der Waals surface area contributed by atoms with Gasteiger partial charge < -0.3 is 14.4 Å². The van der Waals surface area contributed by atoms with Gasteiger partial charge in [0.1, 0.15) is 6.61 Å². The summed E-state index contributed by atoms with van der Waals surface area (Å²) >= 11 is 0. The summed E-state index contributed by atoms with van der Waals surface area (Å²) < 4.78 is 11.6. The minimum atomic E-state index is -0.209. The molecule has 0 saturated carbocycles. The number of nitrogens with zero attached hydrogens (tertiary/aromatic N) is 2. The second-order valence-corrected chi connectivity index (χ2v) is 5.80. The predicted molar refractivity (Wildman–Crippen MR) is 89.4 cm³/mol. The highest BCUT2D eigenvalue weighted by Crippen LogP contribution is 2.31. The zero-order chi connectivity index (χ0) is 16.5. The molecular formula is C18H17N3O3. The van der Waals surface area contributed by atoms with Gasteiger partial charge in [0.25, 0.3) is 5.91 Å². The first-order valence-corrected chi connectivity index (χ1v) is 7.79. The van der Waals surface area contributed by atoms with Crippen LogP contribution in [0.4, 0.5) is 0 Å². The van der Waals surface area contributed by atoms with Crippen LogP contribution in [0.2, 0.25) is 0 Å². The Balaban J connectivity index is 1.48. The van der Waals surface area contributed by atoms with E-state index < -0.39 is 0 Å². The lowest BCUT2D eigenvalue weighted by Crippen LogP contribution is -2.41. The first-order valence-electron chi connectivity index (χ1n) is 7.79. The lowest BCUT2D eigenvalue weighted by Gasteiger charge is -2.29. The number of rotatable bonds is 3. The van der Waals surface area contributed by atoms with Crippen LogP contribution in [0, 0.1) is 0 Å². The molecule has 1 aliphatic rings. The number of carbonyl (C=O) groups excluding carboxylic acids is 1. The van der Waals surface area contributed by atoms with Gasteiger partial charge in [0.2, 0.25) is 0 Å². The van der Waals surface area contributed by atoms with Crippen molar-refractivity contribution >= 4 is 16.8 Å². The molecule has 0 aliphatic carbocycles. The minimum Gasteiger partial charge on any atom is -0.486 e. The van der Waals surface area contributed by atoms with Crippen molar-refractivity contribution in [3.8, 4) is 11.5 Å². The van der Waals surface area contributed by atoms with E-state index in [1.165, 1.54) is 0 Å². The van der Waals surface area contributed by atoms with Crippen molar-refractivity contribution < 1.29 is 14.3 Å². The van der Waals surface area contributed by atoms with Gasteiger partial charge in [-0.1, -0.05) is 30.3 Å². The molecule has 1 amide bonds. The van der Waals surface area contributed by atoms with E-state index in [0.717, 1.165) is 16.7 Å². The van der Waals surface area contributed by atoms with E-state index in [9.17, 15) is 4.79 Å². The number of carbonyl (C=O) groups is 1. The number of nitrogens with one attached hydrogen (secondary N) is 1. The molecule has 1 aromatic heterocycles. The van der Waals surface area contributed by atoms with Crippen molar-refractivity contribution in [2.24, 2.45) is 0 Å². The smallest absolute Gasteiger partial charge is 0.274 e.